The van der Waals surface area contributed by atoms with Gasteiger partial charge in [0.1, 0.15) is 5.41 Å². The van der Waals surface area contributed by atoms with Gasteiger partial charge in [-0.3, -0.25) is 4.79 Å². The fourth-order valence-electron chi connectivity index (χ4n) is 2.61. The minimum atomic E-state index is -0.682. The second kappa shape index (κ2) is 5.12. The molecule has 2 heterocycles. The lowest BCUT2D eigenvalue weighted by Crippen LogP contribution is -2.31. The molecule has 5 heteroatoms. The Labute approximate surface area is 118 Å². The summed E-state index contributed by atoms with van der Waals surface area (Å²) in [5, 5.41) is 2.99. The van der Waals surface area contributed by atoms with E-state index in [1.165, 1.54) is 13.5 Å². The van der Waals surface area contributed by atoms with E-state index in [0.29, 0.717) is 12.0 Å². The molecule has 106 valence electrons. The topological polar surface area (TPSA) is 42.4 Å². The van der Waals surface area contributed by atoms with Gasteiger partial charge in [-0.25, -0.2) is 4.98 Å². The van der Waals surface area contributed by atoms with E-state index < -0.39 is 5.41 Å². The van der Waals surface area contributed by atoms with Crippen LogP contribution in [0.5, 0.6) is 0 Å². The Morgan fingerprint density at radius 1 is 1.53 bits per heavy atom. The highest BCUT2D eigenvalue weighted by atomic mass is 32.1. The van der Waals surface area contributed by atoms with E-state index in [9.17, 15) is 4.79 Å². The molecule has 2 rings (SSSR count). The van der Waals surface area contributed by atoms with Crippen LogP contribution in [0.4, 0.5) is 5.13 Å². The average molecular weight is 282 g/mol. The monoisotopic (exact) mass is 282 g/mol. The third-order valence-electron chi connectivity index (χ3n) is 3.86. The largest absolute Gasteiger partial charge is 0.468 e. The smallest absolute Gasteiger partial charge is 0.317 e. The summed E-state index contributed by atoms with van der Waals surface area (Å²) in [4.78, 5) is 18.8. The molecule has 2 unspecified atom stereocenters. The van der Waals surface area contributed by atoms with Crippen molar-refractivity contribution >= 4 is 22.4 Å². The van der Waals surface area contributed by atoms with Crippen LogP contribution < -0.4 is 4.90 Å². The van der Waals surface area contributed by atoms with Crippen LogP contribution in [0.1, 0.15) is 39.8 Å². The first-order chi connectivity index (χ1) is 8.86. The highest BCUT2D eigenvalue weighted by molar-refractivity contribution is 7.13. The minimum Gasteiger partial charge on any atom is -0.468 e. The Kier molecular flexibility index (Phi) is 3.85. The van der Waals surface area contributed by atoms with Gasteiger partial charge in [0.2, 0.25) is 0 Å². The molecule has 1 aromatic rings. The molecular weight excluding hydrogens is 260 g/mol. The highest BCUT2D eigenvalue weighted by Crippen LogP contribution is 2.34. The van der Waals surface area contributed by atoms with Crippen molar-refractivity contribution in [1.82, 2.24) is 4.98 Å². The van der Waals surface area contributed by atoms with Gasteiger partial charge in [0.25, 0.3) is 0 Å². The molecule has 0 spiro atoms. The first-order valence-corrected chi connectivity index (χ1v) is 7.55. The molecule has 0 saturated carbocycles. The third kappa shape index (κ3) is 2.61. The van der Waals surface area contributed by atoms with Gasteiger partial charge in [0, 0.05) is 18.0 Å². The van der Waals surface area contributed by atoms with E-state index >= 15 is 0 Å². The van der Waals surface area contributed by atoms with Crippen LogP contribution in [-0.2, 0) is 14.9 Å². The van der Waals surface area contributed by atoms with E-state index in [1.807, 2.05) is 19.2 Å². The van der Waals surface area contributed by atoms with Crippen molar-refractivity contribution in [2.75, 3.05) is 18.6 Å². The fourth-order valence-corrected chi connectivity index (χ4v) is 3.71. The molecule has 1 aromatic heterocycles. The number of hydrogen-bond acceptors (Lipinski definition) is 5. The first-order valence-electron chi connectivity index (χ1n) is 6.67. The fraction of sp³-hybridized carbons (Fsp3) is 0.714. The van der Waals surface area contributed by atoms with Crippen LogP contribution in [-0.4, -0.2) is 30.6 Å². The molecule has 1 fully saturated rings. The lowest BCUT2D eigenvalue weighted by atomic mass is 9.90. The van der Waals surface area contributed by atoms with Gasteiger partial charge in [0.05, 0.1) is 12.8 Å². The molecule has 1 saturated heterocycles. The number of esters is 1. The number of aromatic nitrogens is 1. The maximum absolute atomic E-state index is 11.8. The van der Waals surface area contributed by atoms with Gasteiger partial charge < -0.3 is 9.64 Å². The van der Waals surface area contributed by atoms with Gasteiger partial charge in [-0.15, -0.1) is 11.3 Å². The zero-order valence-corrected chi connectivity index (χ0v) is 13.1. The highest BCUT2D eigenvalue weighted by Gasteiger charge is 2.35. The Balaban J connectivity index is 2.22. The maximum atomic E-state index is 11.8. The predicted octanol–water partition coefficient (Wildman–Crippen LogP) is 2.83. The number of nitrogens with zero attached hydrogens (tertiary/aromatic N) is 2. The van der Waals surface area contributed by atoms with Crippen LogP contribution in [0.2, 0.25) is 0 Å². The summed E-state index contributed by atoms with van der Waals surface area (Å²) >= 11 is 1.61. The summed E-state index contributed by atoms with van der Waals surface area (Å²) in [6, 6.07) is 0.523. The van der Waals surface area contributed by atoms with Gasteiger partial charge >= 0.3 is 5.97 Å². The van der Waals surface area contributed by atoms with Crippen molar-refractivity contribution < 1.29 is 9.53 Å². The summed E-state index contributed by atoms with van der Waals surface area (Å²) in [5.41, 5.74) is 0.115. The number of anilines is 1. The molecule has 4 nitrogen and oxygen atoms in total. The average Bonchev–Trinajstić information content (AvgIpc) is 2.94. The quantitative estimate of drug-likeness (QED) is 0.800. The normalized spacial score (nSPS) is 23.7. The van der Waals surface area contributed by atoms with E-state index in [1.54, 1.807) is 11.3 Å². The molecule has 0 radical (unpaired) electrons. The van der Waals surface area contributed by atoms with Crippen molar-refractivity contribution in [3.8, 4) is 0 Å². The predicted molar refractivity (Wildman–Crippen MR) is 77.7 cm³/mol. The second-order valence-corrected chi connectivity index (χ2v) is 6.81. The zero-order valence-electron chi connectivity index (χ0n) is 12.3. The number of rotatable bonds is 3. The van der Waals surface area contributed by atoms with Crippen LogP contribution in [0, 0.1) is 5.92 Å². The minimum absolute atomic E-state index is 0.243. The third-order valence-corrected chi connectivity index (χ3v) is 4.74. The van der Waals surface area contributed by atoms with Crippen molar-refractivity contribution in [3.63, 3.8) is 0 Å². The van der Waals surface area contributed by atoms with Gasteiger partial charge in [-0.2, -0.15) is 0 Å². The number of ether oxygens (including phenoxy) is 1. The molecule has 1 aliphatic heterocycles. The Bertz CT molecular complexity index is 470. The lowest BCUT2D eigenvalue weighted by molar-refractivity contribution is -0.146. The maximum Gasteiger partial charge on any atom is 0.317 e. The summed E-state index contributed by atoms with van der Waals surface area (Å²) < 4.78 is 4.85. The SMILES string of the molecule is COC(=O)C(C)(C)c1csc(N2CC(C)CC2C)n1. The summed E-state index contributed by atoms with van der Waals surface area (Å²) in [5.74, 6) is 0.461. The summed E-state index contributed by atoms with van der Waals surface area (Å²) in [6.45, 7) is 9.26. The number of carbonyl (C=O) groups is 1. The number of methoxy groups -OCH3 is 1. The van der Waals surface area contributed by atoms with Crippen LogP contribution >= 0.6 is 11.3 Å². The van der Waals surface area contributed by atoms with Crippen LogP contribution in [0.15, 0.2) is 5.38 Å². The zero-order chi connectivity index (χ0) is 14.2. The standard InChI is InChI=1S/C14H22N2O2S/c1-9-6-10(2)16(7-9)13-15-11(8-19-13)14(3,4)12(17)18-5/h8-10H,6-7H2,1-5H3. The van der Waals surface area contributed by atoms with Crippen molar-refractivity contribution in [2.24, 2.45) is 5.92 Å². The summed E-state index contributed by atoms with van der Waals surface area (Å²) in [6.07, 6.45) is 1.20. The number of hydrogen-bond donors (Lipinski definition) is 0. The molecule has 0 N–H and O–H groups in total. The van der Waals surface area contributed by atoms with E-state index in [0.717, 1.165) is 17.4 Å². The molecule has 19 heavy (non-hydrogen) atoms. The van der Waals surface area contributed by atoms with Crippen LogP contribution in [0.3, 0.4) is 0 Å². The lowest BCUT2D eigenvalue weighted by Gasteiger charge is -2.21. The van der Waals surface area contributed by atoms with Gasteiger partial charge in [-0.05, 0) is 33.1 Å². The molecular formula is C14H22N2O2S. The molecule has 0 aromatic carbocycles. The van der Waals surface area contributed by atoms with E-state index in [-0.39, 0.29) is 5.97 Å². The van der Waals surface area contributed by atoms with E-state index in [2.05, 4.69) is 23.7 Å². The van der Waals surface area contributed by atoms with Crippen molar-refractivity contribution in [2.45, 2.75) is 45.6 Å². The number of thiazole rings is 1. The molecule has 1 aliphatic rings. The molecule has 0 aliphatic carbocycles. The van der Waals surface area contributed by atoms with Crippen molar-refractivity contribution in [3.05, 3.63) is 11.1 Å². The molecule has 0 bridgehead atoms. The summed E-state index contributed by atoms with van der Waals surface area (Å²) in [7, 11) is 1.42. The second-order valence-electron chi connectivity index (χ2n) is 5.97. The van der Waals surface area contributed by atoms with Gasteiger partial charge in [0.15, 0.2) is 5.13 Å². The molecule has 0 amide bonds. The van der Waals surface area contributed by atoms with Gasteiger partial charge in [-0.1, -0.05) is 6.92 Å². The molecule has 2 atom stereocenters. The van der Waals surface area contributed by atoms with Crippen molar-refractivity contribution in [1.29, 1.82) is 0 Å². The van der Waals surface area contributed by atoms with E-state index in [4.69, 9.17) is 4.74 Å². The first kappa shape index (κ1) is 14.3. The van der Waals surface area contributed by atoms with Crippen LogP contribution in [0.25, 0.3) is 0 Å². The Morgan fingerprint density at radius 2 is 2.21 bits per heavy atom. The Morgan fingerprint density at radius 3 is 2.74 bits per heavy atom. The number of carbonyl (C=O) groups excluding carboxylic acids is 1. The Hall–Kier alpha value is -1.10.